The molecule has 1 atom stereocenters. The van der Waals surface area contributed by atoms with Gasteiger partial charge in [0.2, 0.25) is 11.0 Å². The van der Waals surface area contributed by atoms with Gasteiger partial charge in [-0.1, -0.05) is 18.3 Å². The smallest absolute Gasteiger partial charge is 0.236 e. The maximum absolute atomic E-state index is 12.0. The largest absolute Gasteiger partial charge is 0.333 e. The minimum Gasteiger partial charge on any atom is -0.333 e. The van der Waals surface area contributed by atoms with Crippen LogP contribution in [-0.2, 0) is 11.2 Å². The Kier molecular flexibility index (Phi) is 5.00. The van der Waals surface area contributed by atoms with Gasteiger partial charge in [0, 0.05) is 12.6 Å². The van der Waals surface area contributed by atoms with E-state index < -0.39 is 0 Å². The predicted molar refractivity (Wildman–Crippen MR) is 92.1 cm³/mol. The van der Waals surface area contributed by atoms with Gasteiger partial charge in [0.05, 0.1) is 18.3 Å². The third-order valence-electron chi connectivity index (χ3n) is 3.95. The molecule has 0 radical (unpaired) electrons. The van der Waals surface area contributed by atoms with Crippen LogP contribution < -0.4 is 11.1 Å². The maximum atomic E-state index is 12.0. The molecule has 1 saturated heterocycles. The number of nitrogens with one attached hydrogen (secondary N) is 1. The van der Waals surface area contributed by atoms with Crippen molar-refractivity contribution in [2.24, 2.45) is 5.73 Å². The van der Waals surface area contributed by atoms with E-state index in [-0.39, 0.29) is 18.5 Å². The molecule has 0 saturated carbocycles. The number of amides is 1. The molecule has 3 heterocycles. The van der Waals surface area contributed by atoms with Gasteiger partial charge in [0.15, 0.2) is 0 Å². The van der Waals surface area contributed by atoms with Gasteiger partial charge in [-0.25, -0.2) is 9.97 Å². The van der Waals surface area contributed by atoms with Crippen LogP contribution in [0.1, 0.15) is 42.3 Å². The molecule has 0 aromatic carbocycles. The molecule has 3 N–H and O–H groups in total. The molecule has 1 aliphatic rings. The molecule has 2 aromatic heterocycles. The van der Waals surface area contributed by atoms with E-state index in [1.165, 1.54) is 11.3 Å². The van der Waals surface area contributed by atoms with E-state index in [1.807, 2.05) is 24.8 Å². The van der Waals surface area contributed by atoms with Crippen LogP contribution in [0.3, 0.4) is 0 Å². The molecular formula is C15H21N7OS. The Morgan fingerprint density at radius 1 is 1.46 bits per heavy atom. The number of aryl methyl sites for hydroxylation is 2. The second-order valence-corrected chi connectivity index (χ2v) is 6.72. The first-order valence-electron chi connectivity index (χ1n) is 8.05. The number of aromatic nitrogens is 4. The van der Waals surface area contributed by atoms with Crippen molar-refractivity contribution < 1.29 is 4.79 Å². The molecule has 1 amide bonds. The fraction of sp³-hybridized carbons (Fsp3) is 0.533. The van der Waals surface area contributed by atoms with Crippen molar-refractivity contribution in [2.75, 3.05) is 18.4 Å². The molecule has 128 valence electrons. The Hall–Kier alpha value is -2.13. The molecule has 3 rings (SSSR count). The summed E-state index contributed by atoms with van der Waals surface area (Å²) in [5.41, 5.74) is 6.36. The van der Waals surface area contributed by atoms with Crippen molar-refractivity contribution in [3.8, 4) is 0 Å². The lowest BCUT2D eigenvalue weighted by atomic mass is 10.1. The van der Waals surface area contributed by atoms with Gasteiger partial charge in [-0.05, 0) is 26.2 Å². The average molecular weight is 347 g/mol. The number of rotatable bonds is 5. The van der Waals surface area contributed by atoms with Gasteiger partial charge in [-0.15, -0.1) is 10.2 Å². The lowest BCUT2D eigenvalue weighted by Crippen LogP contribution is -2.35. The van der Waals surface area contributed by atoms with Crippen LogP contribution in [0.5, 0.6) is 0 Å². The molecule has 24 heavy (non-hydrogen) atoms. The van der Waals surface area contributed by atoms with Crippen molar-refractivity contribution in [3.05, 3.63) is 22.6 Å². The normalized spacial score (nSPS) is 17.3. The molecule has 9 heteroatoms. The number of nitrogens with zero attached hydrogens (tertiary/aromatic N) is 5. The minimum atomic E-state index is -0.0417. The van der Waals surface area contributed by atoms with Crippen molar-refractivity contribution in [3.63, 3.8) is 0 Å². The summed E-state index contributed by atoms with van der Waals surface area (Å²) < 4.78 is 0. The highest BCUT2D eigenvalue weighted by Crippen LogP contribution is 2.32. The number of hydrogen-bond acceptors (Lipinski definition) is 8. The second kappa shape index (κ2) is 7.18. The standard InChI is InChI=1S/C15H21N7OS/c1-3-13-20-21-15(24-13)19-12-7-10(17-9(2)18-12)11-5-4-6-22(11)14(23)8-16/h7,11H,3-6,8,16H2,1-2H3,(H,17,18,19,21)/t11-/m0/s1. The van der Waals surface area contributed by atoms with E-state index in [0.29, 0.717) is 16.8 Å². The topological polar surface area (TPSA) is 110 Å². The number of nitrogens with two attached hydrogens (primary N) is 1. The highest BCUT2D eigenvalue weighted by Gasteiger charge is 2.30. The van der Waals surface area contributed by atoms with Crippen molar-refractivity contribution in [1.82, 2.24) is 25.1 Å². The maximum Gasteiger partial charge on any atom is 0.236 e. The number of carbonyl (C=O) groups excluding carboxylic acids is 1. The number of hydrogen-bond donors (Lipinski definition) is 2. The lowest BCUT2D eigenvalue weighted by molar-refractivity contribution is -0.130. The quantitative estimate of drug-likeness (QED) is 0.844. The summed E-state index contributed by atoms with van der Waals surface area (Å²) in [6, 6.07) is 1.84. The van der Waals surface area contributed by atoms with Crippen LogP contribution in [0.25, 0.3) is 0 Å². The van der Waals surface area contributed by atoms with E-state index in [0.717, 1.165) is 36.5 Å². The van der Waals surface area contributed by atoms with Crippen molar-refractivity contribution >= 4 is 28.2 Å². The van der Waals surface area contributed by atoms with Gasteiger partial charge < -0.3 is 16.0 Å². The van der Waals surface area contributed by atoms with E-state index in [4.69, 9.17) is 5.73 Å². The first-order valence-corrected chi connectivity index (χ1v) is 8.87. The third kappa shape index (κ3) is 3.51. The fourth-order valence-electron chi connectivity index (χ4n) is 2.87. The molecule has 1 fully saturated rings. The van der Waals surface area contributed by atoms with E-state index in [9.17, 15) is 4.79 Å². The summed E-state index contributed by atoms with van der Waals surface area (Å²) in [5, 5.41) is 13.1. The zero-order valence-electron chi connectivity index (χ0n) is 13.8. The van der Waals surface area contributed by atoms with Crippen LogP contribution >= 0.6 is 11.3 Å². The van der Waals surface area contributed by atoms with E-state index in [2.05, 4.69) is 25.5 Å². The zero-order valence-corrected chi connectivity index (χ0v) is 14.6. The average Bonchev–Trinajstić information content (AvgIpc) is 3.22. The predicted octanol–water partition coefficient (Wildman–Crippen LogP) is 1.56. The Balaban J connectivity index is 1.84. The highest BCUT2D eigenvalue weighted by molar-refractivity contribution is 7.15. The second-order valence-electron chi connectivity index (χ2n) is 5.65. The van der Waals surface area contributed by atoms with Crippen LogP contribution in [-0.4, -0.2) is 44.1 Å². The van der Waals surface area contributed by atoms with Gasteiger partial charge >= 0.3 is 0 Å². The monoisotopic (exact) mass is 347 g/mol. The fourth-order valence-corrected chi connectivity index (χ4v) is 3.56. The van der Waals surface area contributed by atoms with Crippen molar-refractivity contribution in [1.29, 1.82) is 0 Å². The van der Waals surface area contributed by atoms with E-state index in [1.54, 1.807) is 0 Å². The van der Waals surface area contributed by atoms with Gasteiger partial charge in [-0.2, -0.15) is 0 Å². The summed E-state index contributed by atoms with van der Waals surface area (Å²) in [6.07, 6.45) is 2.70. The molecule has 2 aromatic rings. The first-order chi connectivity index (χ1) is 11.6. The molecule has 1 aliphatic heterocycles. The van der Waals surface area contributed by atoms with Crippen LogP contribution in [0.2, 0.25) is 0 Å². The summed E-state index contributed by atoms with van der Waals surface area (Å²) in [5.74, 6) is 1.28. The van der Waals surface area contributed by atoms with Crippen LogP contribution in [0.4, 0.5) is 10.9 Å². The molecule has 0 spiro atoms. The highest BCUT2D eigenvalue weighted by atomic mass is 32.1. The molecule has 0 bridgehead atoms. The number of anilines is 2. The third-order valence-corrected chi connectivity index (χ3v) is 4.93. The van der Waals surface area contributed by atoms with Gasteiger partial charge in [0.1, 0.15) is 16.6 Å². The van der Waals surface area contributed by atoms with Crippen LogP contribution in [0, 0.1) is 6.92 Å². The summed E-state index contributed by atoms with van der Waals surface area (Å²) in [7, 11) is 0. The van der Waals surface area contributed by atoms with Gasteiger partial charge in [-0.3, -0.25) is 4.79 Å². The van der Waals surface area contributed by atoms with Crippen LogP contribution in [0.15, 0.2) is 6.07 Å². The van der Waals surface area contributed by atoms with Gasteiger partial charge in [0.25, 0.3) is 0 Å². The Morgan fingerprint density at radius 3 is 3.00 bits per heavy atom. The molecular weight excluding hydrogens is 326 g/mol. The Bertz CT molecular complexity index is 732. The SMILES string of the molecule is CCc1nnc(Nc2cc([C@@H]3CCCN3C(=O)CN)nc(C)n2)s1. The first kappa shape index (κ1) is 16.7. The summed E-state index contributed by atoms with van der Waals surface area (Å²) in [6.45, 7) is 4.63. The summed E-state index contributed by atoms with van der Waals surface area (Å²) >= 11 is 1.51. The summed E-state index contributed by atoms with van der Waals surface area (Å²) in [4.78, 5) is 22.8. The minimum absolute atomic E-state index is 0.0241. The Morgan fingerprint density at radius 2 is 2.29 bits per heavy atom. The van der Waals surface area contributed by atoms with Crippen molar-refractivity contribution in [2.45, 2.75) is 39.2 Å². The lowest BCUT2D eigenvalue weighted by Gasteiger charge is -2.24. The zero-order chi connectivity index (χ0) is 17.1. The Labute approximate surface area is 144 Å². The molecule has 8 nitrogen and oxygen atoms in total. The molecule has 0 unspecified atom stereocenters. The number of likely N-dealkylation sites (tertiary alicyclic amines) is 1. The molecule has 0 aliphatic carbocycles. The van der Waals surface area contributed by atoms with E-state index >= 15 is 0 Å². The number of carbonyl (C=O) groups is 1.